The summed E-state index contributed by atoms with van der Waals surface area (Å²) in [6.07, 6.45) is 4.69. The van der Waals surface area contributed by atoms with Crippen LogP contribution in [-0.4, -0.2) is 39.5 Å². The van der Waals surface area contributed by atoms with Crippen molar-refractivity contribution in [1.29, 1.82) is 0 Å². The number of amides is 1. The van der Waals surface area contributed by atoms with Gasteiger partial charge < -0.3 is 10.2 Å². The number of benzene rings is 1. The third kappa shape index (κ3) is 3.40. The van der Waals surface area contributed by atoms with E-state index in [0.717, 1.165) is 17.1 Å². The van der Waals surface area contributed by atoms with Gasteiger partial charge >= 0.3 is 0 Å². The van der Waals surface area contributed by atoms with Crippen molar-refractivity contribution >= 4 is 17.4 Å². The van der Waals surface area contributed by atoms with E-state index in [1.165, 1.54) is 6.33 Å². The summed E-state index contributed by atoms with van der Waals surface area (Å²) < 4.78 is 1.69. The van der Waals surface area contributed by atoms with E-state index in [4.69, 9.17) is 0 Å². The van der Waals surface area contributed by atoms with Crippen LogP contribution in [0.1, 0.15) is 16.1 Å². The summed E-state index contributed by atoms with van der Waals surface area (Å²) in [7, 11) is 3.81. The molecule has 0 bridgehead atoms. The number of hydrogen-bond acceptors (Lipinski definition) is 5. The van der Waals surface area contributed by atoms with Crippen LogP contribution in [0.4, 0.5) is 11.5 Å². The van der Waals surface area contributed by atoms with Crippen molar-refractivity contribution < 1.29 is 4.79 Å². The molecule has 0 aliphatic heterocycles. The van der Waals surface area contributed by atoms with Crippen molar-refractivity contribution in [2.45, 2.75) is 6.92 Å². The number of hydrogen-bond donors (Lipinski definition) is 1. The first-order valence-corrected chi connectivity index (χ1v) is 7.44. The predicted octanol–water partition coefficient (Wildman–Crippen LogP) is 2.29. The fourth-order valence-corrected chi connectivity index (χ4v) is 2.21. The molecule has 2 aromatic heterocycles. The Morgan fingerprint density at radius 1 is 1.17 bits per heavy atom. The zero-order valence-electron chi connectivity index (χ0n) is 13.8. The van der Waals surface area contributed by atoms with Crippen molar-refractivity contribution in [3.05, 3.63) is 60.4 Å². The van der Waals surface area contributed by atoms with Crippen molar-refractivity contribution in [3.8, 4) is 5.82 Å². The van der Waals surface area contributed by atoms with Crippen LogP contribution in [0.2, 0.25) is 0 Å². The molecule has 7 nitrogen and oxygen atoms in total. The van der Waals surface area contributed by atoms with Crippen LogP contribution in [-0.2, 0) is 0 Å². The van der Waals surface area contributed by atoms with Crippen molar-refractivity contribution in [2.75, 3.05) is 24.3 Å². The van der Waals surface area contributed by atoms with E-state index < -0.39 is 0 Å². The molecule has 0 spiro atoms. The number of aryl methyl sites for hydroxylation is 1. The number of nitrogens with one attached hydrogen (secondary N) is 1. The number of anilines is 2. The number of aromatic nitrogens is 4. The van der Waals surface area contributed by atoms with Gasteiger partial charge in [-0.25, -0.2) is 15.0 Å². The largest absolute Gasteiger partial charge is 0.363 e. The first-order chi connectivity index (χ1) is 11.5. The van der Waals surface area contributed by atoms with Crippen LogP contribution in [0.3, 0.4) is 0 Å². The van der Waals surface area contributed by atoms with Crippen molar-refractivity contribution in [3.63, 3.8) is 0 Å². The predicted molar refractivity (Wildman–Crippen MR) is 92.6 cm³/mol. The number of imidazole rings is 1. The van der Waals surface area contributed by atoms with E-state index in [1.807, 2.05) is 56.3 Å². The summed E-state index contributed by atoms with van der Waals surface area (Å²) >= 11 is 0. The van der Waals surface area contributed by atoms with Crippen LogP contribution in [0, 0.1) is 6.92 Å². The molecule has 3 aromatic rings. The topological polar surface area (TPSA) is 75.9 Å². The van der Waals surface area contributed by atoms with Gasteiger partial charge in [-0.3, -0.25) is 9.36 Å². The Bertz CT molecular complexity index is 871. The quantitative estimate of drug-likeness (QED) is 0.797. The molecule has 7 heteroatoms. The van der Waals surface area contributed by atoms with E-state index in [1.54, 1.807) is 17.1 Å². The zero-order chi connectivity index (χ0) is 17.1. The van der Waals surface area contributed by atoms with Crippen LogP contribution in [0.15, 0.2) is 49.2 Å². The molecule has 0 unspecified atom stereocenters. The SMILES string of the molecule is Cc1cccc(NC(=O)c2cn(-c3cc(N(C)C)ncn3)cn2)c1. The minimum atomic E-state index is -0.263. The Hall–Kier alpha value is -3.22. The maximum Gasteiger partial charge on any atom is 0.275 e. The lowest BCUT2D eigenvalue weighted by Gasteiger charge is -2.11. The average molecular weight is 322 g/mol. The first kappa shape index (κ1) is 15.7. The normalized spacial score (nSPS) is 10.5. The molecule has 1 N–H and O–H groups in total. The lowest BCUT2D eigenvalue weighted by molar-refractivity contribution is 0.102. The van der Waals surface area contributed by atoms with Crippen molar-refractivity contribution in [1.82, 2.24) is 19.5 Å². The van der Waals surface area contributed by atoms with Crippen molar-refractivity contribution in [2.24, 2.45) is 0 Å². The minimum absolute atomic E-state index is 0.263. The Morgan fingerprint density at radius 2 is 2.00 bits per heavy atom. The minimum Gasteiger partial charge on any atom is -0.363 e. The highest BCUT2D eigenvalue weighted by atomic mass is 16.1. The molecule has 24 heavy (non-hydrogen) atoms. The summed E-state index contributed by atoms with van der Waals surface area (Å²) in [5.41, 5.74) is 2.14. The van der Waals surface area contributed by atoms with Gasteiger partial charge in [0.1, 0.15) is 30.0 Å². The fourth-order valence-electron chi connectivity index (χ4n) is 2.21. The van der Waals surface area contributed by atoms with Gasteiger partial charge in [0.15, 0.2) is 0 Å². The third-order valence-corrected chi connectivity index (χ3v) is 3.45. The third-order valence-electron chi connectivity index (χ3n) is 3.45. The molecule has 2 heterocycles. The summed E-state index contributed by atoms with van der Waals surface area (Å²) in [5.74, 6) is 1.16. The molecule has 3 rings (SSSR count). The molecule has 122 valence electrons. The fraction of sp³-hybridized carbons (Fsp3) is 0.176. The van der Waals surface area contributed by atoms with Gasteiger partial charge in [-0.2, -0.15) is 0 Å². The Kier molecular flexibility index (Phi) is 4.24. The molecule has 0 aliphatic carbocycles. The second-order valence-electron chi connectivity index (χ2n) is 5.62. The molecule has 0 fully saturated rings. The van der Waals surface area contributed by atoms with Gasteiger partial charge in [0.2, 0.25) is 0 Å². The second kappa shape index (κ2) is 6.49. The molecule has 1 amide bonds. The maximum absolute atomic E-state index is 12.3. The molecule has 0 saturated carbocycles. The molecule has 0 atom stereocenters. The molecule has 0 aliphatic rings. The number of carbonyl (C=O) groups is 1. The summed E-state index contributed by atoms with van der Waals surface area (Å²) in [6.45, 7) is 1.97. The summed E-state index contributed by atoms with van der Waals surface area (Å²) in [6, 6.07) is 9.44. The van der Waals surface area contributed by atoms with Crippen LogP contribution < -0.4 is 10.2 Å². The van der Waals surface area contributed by atoms with Gasteiger partial charge in [0.05, 0.1) is 0 Å². The van der Waals surface area contributed by atoms with Gasteiger partial charge in [-0.05, 0) is 24.6 Å². The molecular formula is C17H18N6O. The van der Waals surface area contributed by atoms with Crippen LogP contribution >= 0.6 is 0 Å². The Balaban J connectivity index is 1.80. The van der Waals surface area contributed by atoms with E-state index in [0.29, 0.717) is 11.5 Å². The van der Waals surface area contributed by atoms with Crippen LogP contribution in [0.25, 0.3) is 5.82 Å². The van der Waals surface area contributed by atoms with Gasteiger partial charge in [-0.1, -0.05) is 12.1 Å². The van der Waals surface area contributed by atoms with E-state index in [9.17, 15) is 4.79 Å². The van der Waals surface area contributed by atoms with Gasteiger partial charge in [0, 0.05) is 32.0 Å². The summed E-state index contributed by atoms with van der Waals surface area (Å²) in [5, 5.41) is 2.84. The monoisotopic (exact) mass is 322 g/mol. The van der Waals surface area contributed by atoms with Gasteiger partial charge in [0.25, 0.3) is 5.91 Å². The number of rotatable bonds is 4. The molecule has 0 radical (unpaired) electrons. The lowest BCUT2D eigenvalue weighted by Crippen LogP contribution is -2.12. The molecular weight excluding hydrogens is 304 g/mol. The maximum atomic E-state index is 12.3. The summed E-state index contributed by atoms with van der Waals surface area (Å²) in [4.78, 5) is 26.7. The number of carbonyl (C=O) groups excluding carboxylic acids is 1. The second-order valence-corrected chi connectivity index (χ2v) is 5.62. The Labute approximate surface area is 140 Å². The first-order valence-electron chi connectivity index (χ1n) is 7.44. The molecule has 0 saturated heterocycles. The standard InChI is InChI=1S/C17H18N6O/c1-12-5-4-6-13(7-12)21-17(24)14-9-23(11-20-14)16-8-15(22(2)3)18-10-19-16/h4-11H,1-3H3,(H,21,24). The van der Waals surface area contributed by atoms with E-state index >= 15 is 0 Å². The molecule has 1 aromatic carbocycles. The Morgan fingerprint density at radius 3 is 2.75 bits per heavy atom. The zero-order valence-corrected chi connectivity index (χ0v) is 13.8. The number of nitrogens with zero attached hydrogens (tertiary/aromatic N) is 5. The van der Waals surface area contributed by atoms with E-state index in [-0.39, 0.29) is 5.91 Å². The average Bonchev–Trinajstić information content (AvgIpc) is 3.05. The highest BCUT2D eigenvalue weighted by Gasteiger charge is 2.11. The van der Waals surface area contributed by atoms with Gasteiger partial charge in [-0.15, -0.1) is 0 Å². The van der Waals surface area contributed by atoms with Crippen LogP contribution in [0.5, 0.6) is 0 Å². The highest BCUT2D eigenvalue weighted by Crippen LogP contribution is 2.14. The lowest BCUT2D eigenvalue weighted by atomic mass is 10.2. The smallest absolute Gasteiger partial charge is 0.275 e. The van der Waals surface area contributed by atoms with E-state index in [2.05, 4.69) is 20.3 Å². The highest BCUT2D eigenvalue weighted by molar-refractivity contribution is 6.02.